The number of hydrogen-bond acceptors (Lipinski definition) is 5. The van der Waals surface area contributed by atoms with Gasteiger partial charge in [-0.25, -0.2) is 0 Å². The van der Waals surface area contributed by atoms with Crippen molar-refractivity contribution in [3.8, 4) is 11.5 Å². The van der Waals surface area contributed by atoms with Crippen LogP contribution in [0.15, 0.2) is 41.0 Å². The maximum absolute atomic E-state index is 12.5. The minimum absolute atomic E-state index is 0.167. The van der Waals surface area contributed by atoms with Gasteiger partial charge in [0, 0.05) is 0 Å². The molecule has 1 saturated carbocycles. The van der Waals surface area contributed by atoms with Crippen LogP contribution in [0.3, 0.4) is 0 Å². The van der Waals surface area contributed by atoms with Crippen molar-refractivity contribution in [3.05, 3.63) is 47.9 Å². The number of hydrogen-bond donors (Lipinski definition) is 2. The highest BCUT2D eigenvalue weighted by molar-refractivity contribution is 5.95. The highest BCUT2D eigenvalue weighted by Crippen LogP contribution is 2.33. The summed E-state index contributed by atoms with van der Waals surface area (Å²) in [4.78, 5) is 24.5. The number of benzene rings is 1. The first kappa shape index (κ1) is 20.8. The predicted octanol–water partition coefficient (Wildman–Crippen LogP) is 3.61. The smallest absolute Gasteiger partial charge is 0.287 e. The summed E-state index contributed by atoms with van der Waals surface area (Å²) in [5.74, 6) is 0.818. The molecular formula is C22H28N2O5. The number of rotatable bonds is 8. The van der Waals surface area contributed by atoms with Gasteiger partial charge in [-0.3, -0.25) is 9.59 Å². The third-order valence-corrected chi connectivity index (χ3v) is 5.13. The molecule has 1 heterocycles. The molecular weight excluding hydrogens is 372 g/mol. The van der Waals surface area contributed by atoms with Crippen molar-refractivity contribution in [1.82, 2.24) is 10.6 Å². The Hall–Kier alpha value is -2.96. The van der Waals surface area contributed by atoms with E-state index in [1.165, 1.54) is 19.1 Å². The molecule has 0 unspecified atom stereocenters. The standard InChI is InChI=1S/C22H28N2O5/c1-14(23-21(25)15(2)24-22(26)19-9-6-12-28-19)16-10-11-18(20(13-16)27-3)29-17-7-4-5-8-17/h6,9-15,17H,4-5,7-8H2,1-3H3,(H,23,25)(H,24,26)/t14-,15+/m0/s1. The second kappa shape index (κ2) is 9.49. The van der Waals surface area contributed by atoms with E-state index in [2.05, 4.69) is 10.6 Å². The monoisotopic (exact) mass is 400 g/mol. The van der Waals surface area contributed by atoms with Gasteiger partial charge in [-0.2, -0.15) is 0 Å². The quantitative estimate of drug-likeness (QED) is 0.707. The van der Waals surface area contributed by atoms with Crippen molar-refractivity contribution in [1.29, 1.82) is 0 Å². The van der Waals surface area contributed by atoms with Gasteiger partial charge in [0.25, 0.3) is 5.91 Å². The van der Waals surface area contributed by atoms with Crippen molar-refractivity contribution >= 4 is 11.8 Å². The summed E-state index contributed by atoms with van der Waals surface area (Å²) in [5.41, 5.74) is 0.888. The van der Waals surface area contributed by atoms with E-state index in [9.17, 15) is 9.59 Å². The van der Waals surface area contributed by atoms with E-state index >= 15 is 0 Å². The Morgan fingerprint density at radius 1 is 1.10 bits per heavy atom. The third kappa shape index (κ3) is 5.31. The molecule has 2 amide bonds. The Kier molecular flexibility index (Phi) is 6.80. The number of nitrogens with one attached hydrogen (secondary N) is 2. The lowest BCUT2D eigenvalue weighted by Crippen LogP contribution is -2.45. The lowest BCUT2D eigenvalue weighted by molar-refractivity contribution is -0.123. The molecule has 0 bridgehead atoms. The highest BCUT2D eigenvalue weighted by atomic mass is 16.5. The van der Waals surface area contributed by atoms with Gasteiger partial charge < -0.3 is 24.5 Å². The maximum Gasteiger partial charge on any atom is 0.287 e. The molecule has 2 N–H and O–H groups in total. The lowest BCUT2D eigenvalue weighted by atomic mass is 10.1. The SMILES string of the molecule is COc1cc([C@H](C)NC(=O)[C@@H](C)NC(=O)c2ccco2)ccc1OC1CCCC1. The van der Waals surface area contributed by atoms with E-state index < -0.39 is 11.9 Å². The Balaban J connectivity index is 1.59. The largest absolute Gasteiger partial charge is 0.493 e. The Morgan fingerprint density at radius 2 is 1.86 bits per heavy atom. The van der Waals surface area contributed by atoms with E-state index in [-0.39, 0.29) is 23.8 Å². The van der Waals surface area contributed by atoms with Crippen LogP contribution in [0.5, 0.6) is 11.5 Å². The first-order valence-corrected chi connectivity index (χ1v) is 9.97. The van der Waals surface area contributed by atoms with Crippen LogP contribution in [0.25, 0.3) is 0 Å². The number of carbonyl (C=O) groups excluding carboxylic acids is 2. The van der Waals surface area contributed by atoms with Crippen LogP contribution in [0.1, 0.15) is 61.7 Å². The minimum Gasteiger partial charge on any atom is -0.493 e. The summed E-state index contributed by atoms with van der Waals surface area (Å²) in [7, 11) is 1.61. The number of furan rings is 1. The summed E-state index contributed by atoms with van der Waals surface area (Å²) < 4.78 is 16.6. The number of amides is 2. The van der Waals surface area contributed by atoms with E-state index in [0.29, 0.717) is 5.75 Å². The third-order valence-electron chi connectivity index (χ3n) is 5.13. The van der Waals surface area contributed by atoms with Gasteiger partial charge in [0.15, 0.2) is 17.3 Å². The minimum atomic E-state index is -0.707. The second-order valence-corrected chi connectivity index (χ2v) is 7.34. The molecule has 0 saturated heterocycles. The molecule has 0 radical (unpaired) electrons. The molecule has 7 heteroatoms. The Morgan fingerprint density at radius 3 is 2.52 bits per heavy atom. The summed E-state index contributed by atoms with van der Waals surface area (Å²) in [5, 5.41) is 5.53. The molecule has 156 valence electrons. The summed E-state index contributed by atoms with van der Waals surface area (Å²) >= 11 is 0. The van der Waals surface area contributed by atoms with E-state index in [4.69, 9.17) is 13.9 Å². The van der Waals surface area contributed by atoms with Crippen LogP contribution in [-0.4, -0.2) is 31.1 Å². The Labute approximate surface area is 170 Å². The van der Waals surface area contributed by atoms with Crippen LogP contribution in [0.2, 0.25) is 0 Å². The van der Waals surface area contributed by atoms with Crippen LogP contribution >= 0.6 is 0 Å². The molecule has 2 aromatic rings. The van der Waals surface area contributed by atoms with Gasteiger partial charge in [0.1, 0.15) is 6.04 Å². The van der Waals surface area contributed by atoms with Crippen molar-refractivity contribution in [2.75, 3.05) is 7.11 Å². The van der Waals surface area contributed by atoms with Crippen LogP contribution in [0, 0.1) is 0 Å². The highest BCUT2D eigenvalue weighted by Gasteiger charge is 2.22. The van der Waals surface area contributed by atoms with Crippen molar-refractivity contribution in [3.63, 3.8) is 0 Å². The fourth-order valence-corrected chi connectivity index (χ4v) is 3.40. The molecule has 1 fully saturated rings. The van der Waals surface area contributed by atoms with E-state index in [0.717, 1.165) is 24.2 Å². The lowest BCUT2D eigenvalue weighted by Gasteiger charge is -2.21. The number of ether oxygens (including phenoxy) is 2. The van der Waals surface area contributed by atoms with Crippen LogP contribution in [-0.2, 0) is 4.79 Å². The average molecular weight is 400 g/mol. The summed E-state index contributed by atoms with van der Waals surface area (Å²) in [6.07, 6.45) is 6.18. The maximum atomic E-state index is 12.5. The molecule has 1 aromatic heterocycles. The van der Waals surface area contributed by atoms with Crippen molar-refractivity contribution < 1.29 is 23.5 Å². The average Bonchev–Trinajstić information content (AvgIpc) is 3.42. The van der Waals surface area contributed by atoms with Gasteiger partial charge in [-0.15, -0.1) is 0 Å². The first-order valence-electron chi connectivity index (χ1n) is 9.97. The molecule has 29 heavy (non-hydrogen) atoms. The van der Waals surface area contributed by atoms with E-state index in [1.807, 2.05) is 25.1 Å². The van der Waals surface area contributed by atoms with Gasteiger partial charge in [0.2, 0.25) is 5.91 Å². The zero-order chi connectivity index (χ0) is 20.8. The normalized spacial score (nSPS) is 16.1. The fourth-order valence-electron chi connectivity index (χ4n) is 3.40. The second-order valence-electron chi connectivity index (χ2n) is 7.34. The number of methoxy groups -OCH3 is 1. The summed E-state index contributed by atoms with van der Waals surface area (Å²) in [6.45, 7) is 3.51. The topological polar surface area (TPSA) is 89.8 Å². The molecule has 7 nitrogen and oxygen atoms in total. The van der Waals surface area contributed by atoms with Crippen molar-refractivity contribution in [2.24, 2.45) is 0 Å². The van der Waals surface area contributed by atoms with Crippen LogP contribution in [0.4, 0.5) is 0 Å². The first-order chi connectivity index (χ1) is 14.0. The molecule has 1 aromatic carbocycles. The van der Waals surface area contributed by atoms with Gasteiger partial charge in [-0.05, 0) is 69.4 Å². The van der Waals surface area contributed by atoms with Gasteiger partial charge in [-0.1, -0.05) is 6.07 Å². The van der Waals surface area contributed by atoms with E-state index in [1.54, 1.807) is 26.2 Å². The molecule has 0 spiro atoms. The van der Waals surface area contributed by atoms with Crippen LogP contribution < -0.4 is 20.1 Å². The van der Waals surface area contributed by atoms with Crippen molar-refractivity contribution in [2.45, 2.75) is 57.7 Å². The Bertz CT molecular complexity index is 828. The zero-order valence-electron chi connectivity index (χ0n) is 17.1. The zero-order valence-corrected chi connectivity index (χ0v) is 17.1. The molecule has 3 rings (SSSR count). The molecule has 0 aliphatic heterocycles. The fraction of sp³-hybridized carbons (Fsp3) is 0.455. The number of carbonyl (C=O) groups is 2. The van der Waals surface area contributed by atoms with Gasteiger partial charge in [0.05, 0.1) is 25.5 Å². The van der Waals surface area contributed by atoms with Gasteiger partial charge >= 0.3 is 0 Å². The molecule has 2 atom stereocenters. The molecule has 1 aliphatic rings. The molecule has 1 aliphatic carbocycles. The summed E-state index contributed by atoms with van der Waals surface area (Å²) in [6, 6.07) is 7.88. The predicted molar refractivity (Wildman–Crippen MR) is 108 cm³/mol.